The summed E-state index contributed by atoms with van der Waals surface area (Å²) in [4.78, 5) is 29.5. The number of nitrogens with one attached hydrogen (secondary N) is 1. The monoisotopic (exact) mass is 450 g/mol. The van der Waals surface area contributed by atoms with Crippen LogP contribution in [0.1, 0.15) is 13.3 Å². The minimum atomic E-state index is -0.503. The summed E-state index contributed by atoms with van der Waals surface area (Å²) in [6.07, 6.45) is 0.240. The lowest BCUT2D eigenvalue weighted by Crippen LogP contribution is -2.33. The summed E-state index contributed by atoms with van der Waals surface area (Å²) >= 11 is 1.31. The number of nitrogens with zero attached hydrogens (tertiary/aromatic N) is 3. The van der Waals surface area contributed by atoms with Crippen LogP contribution in [0.3, 0.4) is 0 Å². The first-order valence-electron chi connectivity index (χ1n) is 9.91. The number of amides is 1. The van der Waals surface area contributed by atoms with E-state index in [2.05, 4.69) is 15.4 Å². The van der Waals surface area contributed by atoms with Gasteiger partial charge >= 0.3 is 0 Å². The second kappa shape index (κ2) is 9.19. The summed E-state index contributed by atoms with van der Waals surface area (Å²) in [7, 11) is 3.15. The van der Waals surface area contributed by atoms with E-state index in [1.807, 2.05) is 47.8 Å². The van der Waals surface area contributed by atoms with Crippen molar-refractivity contribution in [2.75, 3.05) is 24.5 Å². The van der Waals surface area contributed by atoms with Crippen molar-refractivity contribution in [2.45, 2.75) is 19.4 Å². The zero-order valence-corrected chi connectivity index (χ0v) is 18.7. The molecule has 0 bridgehead atoms. The lowest BCUT2D eigenvalue weighted by atomic mass is 10.1. The minimum absolute atomic E-state index is 0.0506. The standard InChI is InChI=1S/C23H22N4O4S/c1-14(28)19-12-17(26-27(19)16-7-5-4-6-8-16)22(29)25-23-24-18(13-32-23)15-9-10-20(30-2)21(11-15)31-3/h4-11,13,19H,12H2,1-3H3,(H,24,25,29). The first kappa shape index (κ1) is 21.5. The first-order chi connectivity index (χ1) is 15.5. The molecular weight excluding hydrogens is 428 g/mol. The molecule has 1 unspecified atom stereocenters. The molecule has 1 atom stereocenters. The number of hydrazone groups is 1. The topological polar surface area (TPSA) is 93.1 Å². The third-order valence-electron chi connectivity index (χ3n) is 5.07. The molecule has 1 N–H and O–H groups in total. The molecule has 32 heavy (non-hydrogen) atoms. The molecule has 0 saturated heterocycles. The number of thiazole rings is 1. The summed E-state index contributed by atoms with van der Waals surface area (Å²) in [5.41, 5.74) is 2.59. The number of carbonyl (C=O) groups excluding carboxylic acids is 2. The number of carbonyl (C=O) groups is 2. The highest BCUT2D eigenvalue weighted by Crippen LogP contribution is 2.33. The van der Waals surface area contributed by atoms with E-state index in [1.54, 1.807) is 25.3 Å². The van der Waals surface area contributed by atoms with Gasteiger partial charge in [0.15, 0.2) is 22.4 Å². The highest BCUT2D eigenvalue weighted by atomic mass is 32.1. The third-order valence-corrected chi connectivity index (χ3v) is 5.82. The summed E-state index contributed by atoms with van der Waals surface area (Å²) in [5, 5.41) is 11.1. The Kier molecular flexibility index (Phi) is 6.18. The van der Waals surface area contributed by atoms with Crippen molar-refractivity contribution in [3.05, 3.63) is 53.9 Å². The largest absolute Gasteiger partial charge is 0.493 e. The van der Waals surface area contributed by atoms with E-state index in [1.165, 1.54) is 18.3 Å². The zero-order chi connectivity index (χ0) is 22.7. The maximum atomic E-state index is 12.8. The fourth-order valence-electron chi connectivity index (χ4n) is 3.41. The van der Waals surface area contributed by atoms with E-state index in [9.17, 15) is 9.59 Å². The van der Waals surface area contributed by atoms with E-state index < -0.39 is 6.04 Å². The van der Waals surface area contributed by atoms with Crippen LogP contribution in [0.4, 0.5) is 10.8 Å². The summed E-state index contributed by atoms with van der Waals surface area (Å²) in [5.74, 6) is 0.802. The molecule has 8 nitrogen and oxygen atoms in total. The first-order valence-corrected chi connectivity index (χ1v) is 10.8. The third kappa shape index (κ3) is 4.33. The minimum Gasteiger partial charge on any atom is -0.493 e. The van der Waals surface area contributed by atoms with Crippen LogP contribution in [0.15, 0.2) is 59.0 Å². The van der Waals surface area contributed by atoms with Crippen LogP contribution in [-0.4, -0.2) is 42.6 Å². The smallest absolute Gasteiger partial charge is 0.273 e. The Labute approximate surface area is 189 Å². The SMILES string of the molecule is COc1ccc(-c2csc(NC(=O)C3=NN(c4ccccc4)C(C(C)=O)C3)n2)cc1OC. The molecule has 0 fully saturated rings. The molecule has 164 valence electrons. The highest BCUT2D eigenvalue weighted by molar-refractivity contribution is 7.14. The fourth-order valence-corrected chi connectivity index (χ4v) is 4.13. The van der Waals surface area contributed by atoms with E-state index >= 15 is 0 Å². The highest BCUT2D eigenvalue weighted by Gasteiger charge is 2.34. The van der Waals surface area contributed by atoms with Crippen molar-refractivity contribution < 1.29 is 19.1 Å². The van der Waals surface area contributed by atoms with Gasteiger partial charge in [0.1, 0.15) is 11.8 Å². The predicted octanol–water partition coefficient (Wildman–Crippen LogP) is 3.99. The number of hydrogen-bond donors (Lipinski definition) is 1. The molecule has 3 aromatic rings. The number of anilines is 2. The fraction of sp³-hybridized carbons (Fsp3) is 0.217. The van der Waals surface area contributed by atoms with Crippen molar-refractivity contribution in [1.29, 1.82) is 0 Å². The van der Waals surface area contributed by atoms with Gasteiger partial charge in [0, 0.05) is 17.4 Å². The number of hydrogen-bond acceptors (Lipinski definition) is 8. The molecule has 1 aromatic heterocycles. The normalized spacial score (nSPS) is 15.3. The van der Waals surface area contributed by atoms with Crippen LogP contribution in [0.25, 0.3) is 11.3 Å². The molecule has 4 rings (SSSR count). The van der Waals surface area contributed by atoms with Crippen LogP contribution in [-0.2, 0) is 9.59 Å². The van der Waals surface area contributed by atoms with Crippen LogP contribution < -0.4 is 19.8 Å². The summed E-state index contributed by atoms with van der Waals surface area (Å²) in [6, 6.07) is 14.3. The molecule has 1 aliphatic heterocycles. The van der Waals surface area contributed by atoms with Crippen molar-refractivity contribution in [2.24, 2.45) is 5.10 Å². The molecule has 0 aliphatic carbocycles. The molecule has 0 saturated carbocycles. The number of para-hydroxylation sites is 1. The molecule has 2 heterocycles. The Balaban J connectivity index is 1.51. The molecule has 1 aliphatic rings. The molecular formula is C23H22N4O4S. The average molecular weight is 451 g/mol. The second-order valence-electron chi connectivity index (χ2n) is 7.12. The van der Waals surface area contributed by atoms with E-state index in [0.717, 1.165) is 11.3 Å². The van der Waals surface area contributed by atoms with Gasteiger partial charge in [0.25, 0.3) is 5.91 Å². The van der Waals surface area contributed by atoms with Gasteiger partial charge in [-0.05, 0) is 37.3 Å². The Morgan fingerprint density at radius 3 is 2.53 bits per heavy atom. The Morgan fingerprint density at radius 1 is 1.09 bits per heavy atom. The Morgan fingerprint density at radius 2 is 1.84 bits per heavy atom. The van der Waals surface area contributed by atoms with Gasteiger partial charge in [-0.25, -0.2) is 4.98 Å². The van der Waals surface area contributed by atoms with Crippen molar-refractivity contribution in [3.63, 3.8) is 0 Å². The van der Waals surface area contributed by atoms with Crippen molar-refractivity contribution in [1.82, 2.24) is 4.98 Å². The van der Waals surface area contributed by atoms with Crippen LogP contribution in [0, 0.1) is 0 Å². The zero-order valence-electron chi connectivity index (χ0n) is 17.9. The lowest BCUT2D eigenvalue weighted by molar-refractivity contribution is -0.118. The van der Waals surface area contributed by atoms with Crippen LogP contribution in [0.5, 0.6) is 11.5 Å². The number of ketones is 1. The van der Waals surface area contributed by atoms with Gasteiger partial charge in [-0.3, -0.25) is 19.9 Å². The maximum absolute atomic E-state index is 12.8. The quantitative estimate of drug-likeness (QED) is 0.585. The van der Waals surface area contributed by atoms with Crippen molar-refractivity contribution in [3.8, 4) is 22.8 Å². The number of ether oxygens (including phenoxy) is 2. The predicted molar refractivity (Wildman–Crippen MR) is 125 cm³/mol. The van der Waals surface area contributed by atoms with Crippen LogP contribution >= 0.6 is 11.3 Å². The average Bonchev–Trinajstić information content (AvgIpc) is 3.47. The number of benzene rings is 2. The summed E-state index contributed by atoms with van der Waals surface area (Å²) < 4.78 is 10.6. The van der Waals surface area contributed by atoms with Gasteiger partial charge < -0.3 is 9.47 Å². The van der Waals surface area contributed by atoms with E-state index in [-0.39, 0.29) is 23.8 Å². The number of rotatable bonds is 7. The number of methoxy groups -OCH3 is 2. The number of Topliss-reactive ketones (excluding diaryl/α,β-unsaturated/α-hetero) is 1. The van der Waals surface area contributed by atoms with Gasteiger partial charge in [-0.2, -0.15) is 5.10 Å². The Hall–Kier alpha value is -3.72. The molecule has 2 aromatic carbocycles. The molecule has 0 radical (unpaired) electrons. The van der Waals surface area contributed by atoms with E-state index in [4.69, 9.17) is 9.47 Å². The second-order valence-corrected chi connectivity index (χ2v) is 7.98. The lowest BCUT2D eigenvalue weighted by Gasteiger charge is -2.20. The Bertz CT molecular complexity index is 1180. The molecule has 0 spiro atoms. The molecule has 9 heteroatoms. The van der Waals surface area contributed by atoms with Gasteiger partial charge in [0.2, 0.25) is 0 Å². The van der Waals surface area contributed by atoms with Crippen molar-refractivity contribution >= 4 is 39.6 Å². The van der Waals surface area contributed by atoms with Gasteiger partial charge in [-0.15, -0.1) is 11.3 Å². The maximum Gasteiger partial charge on any atom is 0.273 e. The van der Waals surface area contributed by atoms with Gasteiger partial charge in [-0.1, -0.05) is 18.2 Å². The van der Waals surface area contributed by atoms with Gasteiger partial charge in [0.05, 0.1) is 25.6 Å². The summed E-state index contributed by atoms with van der Waals surface area (Å²) in [6.45, 7) is 1.51. The number of aromatic nitrogens is 1. The molecule has 1 amide bonds. The van der Waals surface area contributed by atoms with Crippen LogP contribution in [0.2, 0.25) is 0 Å². The van der Waals surface area contributed by atoms with E-state index in [0.29, 0.717) is 22.3 Å².